The van der Waals surface area contributed by atoms with Crippen LogP contribution in [0.15, 0.2) is 72.8 Å². The second-order valence-corrected chi connectivity index (χ2v) is 8.36. The molecule has 0 aliphatic carbocycles. The summed E-state index contributed by atoms with van der Waals surface area (Å²) in [6, 6.07) is 14.7. The summed E-state index contributed by atoms with van der Waals surface area (Å²) < 4.78 is 52.0. The molecule has 0 N–H and O–H groups in total. The summed E-state index contributed by atoms with van der Waals surface area (Å²) in [6.07, 6.45) is -2.90. The fourth-order valence-corrected chi connectivity index (χ4v) is 3.28. The minimum atomic E-state index is -4.25. The van der Waals surface area contributed by atoms with E-state index >= 15 is 0 Å². The molecule has 41 heavy (non-hydrogen) atoms. The summed E-state index contributed by atoms with van der Waals surface area (Å²) in [5, 5.41) is 21.9. The molecule has 0 aliphatic heterocycles. The summed E-state index contributed by atoms with van der Waals surface area (Å²) in [6.45, 7) is -0.545. The van der Waals surface area contributed by atoms with Crippen molar-refractivity contribution < 1.29 is 46.8 Å². The van der Waals surface area contributed by atoms with Gasteiger partial charge in [-0.25, -0.2) is 9.59 Å². The number of carbonyl (C=O) groups excluding carboxylic acids is 2. The first kappa shape index (κ1) is 30.3. The van der Waals surface area contributed by atoms with E-state index in [1.54, 1.807) is 12.1 Å². The van der Waals surface area contributed by atoms with Crippen LogP contribution in [0.1, 0.15) is 34.3 Å². The average molecular weight is 574 g/mol. The molecule has 0 aliphatic rings. The molecule has 0 bridgehead atoms. The van der Waals surface area contributed by atoms with Crippen molar-refractivity contribution in [1.29, 1.82) is 0 Å². The average Bonchev–Trinajstić information content (AvgIpc) is 2.93. The topological polar surface area (TPSA) is 148 Å². The molecule has 0 atom stereocenters. The van der Waals surface area contributed by atoms with Crippen molar-refractivity contribution in [3.05, 3.63) is 110 Å². The van der Waals surface area contributed by atoms with E-state index < -0.39 is 52.4 Å². The molecule has 14 heteroatoms. The van der Waals surface area contributed by atoms with Crippen molar-refractivity contribution in [1.82, 2.24) is 0 Å². The van der Waals surface area contributed by atoms with Crippen molar-refractivity contribution >= 4 is 29.4 Å². The molecule has 11 nitrogen and oxygen atoms in total. The minimum absolute atomic E-state index is 0.0712. The lowest BCUT2D eigenvalue weighted by molar-refractivity contribution is -0.394. The third kappa shape index (κ3) is 10.1. The number of hydrogen-bond donors (Lipinski definition) is 0. The molecule has 0 fully saturated rings. The van der Waals surface area contributed by atoms with Gasteiger partial charge in [0.1, 0.15) is 18.1 Å². The standard InChI is InChI=1S/C27H21F3N2O9/c28-27(29,30)12-1-13-39-23-9-5-20(6-10-23)26(34)41-24-7-2-18(3-8-24)4-11-25(33)40-17-19-14-21(31(35)36)16-22(15-19)32(37)38/h2-11,14-16H,1,12-13,17H2. The third-order valence-electron chi connectivity index (χ3n) is 5.23. The first-order valence-electron chi connectivity index (χ1n) is 11.8. The maximum absolute atomic E-state index is 12.4. The van der Waals surface area contributed by atoms with Crippen LogP contribution >= 0.6 is 0 Å². The molecule has 3 aromatic rings. The Kier molecular flexibility index (Phi) is 10.1. The number of alkyl halides is 3. The highest BCUT2D eigenvalue weighted by molar-refractivity contribution is 5.91. The number of hydrogen-bond acceptors (Lipinski definition) is 9. The van der Waals surface area contributed by atoms with Crippen molar-refractivity contribution in [2.24, 2.45) is 0 Å². The summed E-state index contributed by atoms with van der Waals surface area (Å²) in [4.78, 5) is 44.7. The number of ether oxygens (including phenoxy) is 3. The Morgan fingerprint density at radius 2 is 1.44 bits per heavy atom. The van der Waals surface area contributed by atoms with Crippen molar-refractivity contribution in [2.45, 2.75) is 25.6 Å². The molecule has 0 aromatic heterocycles. The first-order valence-corrected chi connectivity index (χ1v) is 11.8. The maximum atomic E-state index is 12.4. The van der Waals surface area contributed by atoms with E-state index in [0.717, 1.165) is 24.3 Å². The van der Waals surface area contributed by atoms with E-state index in [9.17, 15) is 43.0 Å². The van der Waals surface area contributed by atoms with Crippen LogP contribution in [-0.4, -0.2) is 34.6 Å². The molecule has 0 saturated carbocycles. The SMILES string of the molecule is O=C(C=Cc1ccc(OC(=O)c2ccc(OCCCC(F)(F)F)cc2)cc1)OCc1cc([N+](=O)[O-])cc([N+](=O)[O-])c1. The van der Waals surface area contributed by atoms with Crippen LogP contribution in [0.2, 0.25) is 0 Å². The van der Waals surface area contributed by atoms with Crippen LogP contribution in [0, 0.1) is 20.2 Å². The quantitative estimate of drug-likeness (QED) is 0.0615. The number of carbonyl (C=O) groups is 2. The smallest absolute Gasteiger partial charge is 0.389 e. The van der Waals surface area contributed by atoms with E-state index in [1.807, 2.05) is 0 Å². The molecule has 0 radical (unpaired) electrons. The molecular weight excluding hydrogens is 553 g/mol. The zero-order valence-corrected chi connectivity index (χ0v) is 21.0. The van der Waals surface area contributed by atoms with Gasteiger partial charge in [0.25, 0.3) is 11.4 Å². The Bertz CT molecular complexity index is 1410. The van der Waals surface area contributed by atoms with Crippen LogP contribution in [-0.2, 0) is 16.1 Å². The van der Waals surface area contributed by atoms with E-state index in [-0.39, 0.29) is 29.9 Å². The zero-order valence-electron chi connectivity index (χ0n) is 21.0. The lowest BCUT2D eigenvalue weighted by atomic mass is 10.2. The molecule has 3 rings (SSSR count). The number of non-ortho nitro benzene ring substituents is 2. The Balaban J connectivity index is 1.49. The van der Waals surface area contributed by atoms with Gasteiger partial charge >= 0.3 is 18.1 Å². The lowest BCUT2D eigenvalue weighted by Gasteiger charge is -2.09. The lowest BCUT2D eigenvalue weighted by Crippen LogP contribution is -2.10. The number of benzene rings is 3. The first-order chi connectivity index (χ1) is 19.4. The van der Waals surface area contributed by atoms with Crippen LogP contribution in [0.25, 0.3) is 6.08 Å². The number of halogens is 3. The number of rotatable bonds is 12. The van der Waals surface area contributed by atoms with Gasteiger partial charge in [-0.05, 0) is 54.5 Å². The molecule has 0 heterocycles. The molecular formula is C27H21F3N2O9. The molecule has 0 spiro atoms. The van der Waals surface area contributed by atoms with Crippen molar-refractivity contribution in [3.63, 3.8) is 0 Å². The van der Waals surface area contributed by atoms with Gasteiger partial charge in [-0.2, -0.15) is 13.2 Å². The van der Waals surface area contributed by atoms with Crippen LogP contribution < -0.4 is 9.47 Å². The second-order valence-electron chi connectivity index (χ2n) is 8.36. The van der Waals surface area contributed by atoms with E-state index in [4.69, 9.17) is 14.2 Å². The third-order valence-corrected chi connectivity index (χ3v) is 5.23. The van der Waals surface area contributed by atoms with Gasteiger partial charge in [0.05, 0.1) is 28.1 Å². The number of esters is 2. The maximum Gasteiger partial charge on any atom is 0.389 e. The largest absolute Gasteiger partial charge is 0.494 e. The highest BCUT2D eigenvalue weighted by atomic mass is 19.4. The van der Waals surface area contributed by atoms with E-state index in [0.29, 0.717) is 11.3 Å². The van der Waals surface area contributed by atoms with E-state index in [1.165, 1.54) is 42.5 Å². The Hall–Kier alpha value is -5.27. The van der Waals surface area contributed by atoms with Crippen LogP contribution in [0.3, 0.4) is 0 Å². The Morgan fingerprint density at radius 1 is 0.854 bits per heavy atom. The molecule has 0 amide bonds. The van der Waals surface area contributed by atoms with Crippen molar-refractivity contribution in [3.8, 4) is 11.5 Å². The van der Waals surface area contributed by atoms with Crippen LogP contribution in [0.5, 0.6) is 11.5 Å². The monoisotopic (exact) mass is 574 g/mol. The number of nitro groups is 2. The molecule has 3 aromatic carbocycles. The predicted octanol–water partition coefficient (Wildman–Crippen LogP) is 6.20. The number of nitro benzene ring substituents is 2. The fourth-order valence-electron chi connectivity index (χ4n) is 3.28. The molecule has 0 unspecified atom stereocenters. The Labute approximate surface area is 230 Å². The van der Waals surface area contributed by atoms with Gasteiger partial charge in [0, 0.05) is 30.2 Å². The molecule has 214 valence electrons. The van der Waals surface area contributed by atoms with Crippen molar-refractivity contribution in [2.75, 3.05) is 6.61 Å². The van der Waals surface area contributed by atoms with E-state index in [2.05, 4.69) is 0 Å². The summed E-state index contributed by atoms with van der Waals surface area (Å²) in [5.74, 6) is -0.969. The Morgan fingerprint density at radius 3 is 2.00 bits per heavy atom. The van der Waals surface area contributed by atoms with Gasteiger partial charge in [0.2, 0.25) is 0 Å². The minimum Gasteiger partial charge on any atom is -0.494 e. The normalized spacial score (nSPS) is 11.2. The summed E-state index contributed by atoms with van der Waals surface area (Å²) in [5.41, 5.74) is -0.216. The summed E-state index contributed by atoms with van der Waals surface area (Å²) >= 11 is 0. The zero-order chi connectivity index (χ0) is 30.0. The second kappa shape index (κ2) is 13.7. The van der Waals surface area contributed by atoms with Gasteiger partial charge in [-0.1, -0.05) is 12.1 Å². The fraction of sp³-hybridized carbons (Fsp3) is 0.185. The highest BCUT2D eigenvalue weighted by Gasteiger charge is 2.26. The van der Waals surface area contributed by atoms with Gasteiger partial charge in [-0.3, -0.25) is 20.2 Å². The predicted molar refractivity (Wildman–Crippen MR) is 137 cm³/mol. The van der Waals surface area contributed by atoms with Crippen LogP contribution in [0.4, 0.5) is 24.5 Å². The van der Waals surface area contributed by atoms with Gasteiger partial charge in [0.15, 0.2) is 0 Å². The highest BCUT2D eigenvalue weighted by Crippen LogP contribution is 2.24. The van der Waals surface area contributed by atoms with Gasteiger partial charge < -0.3 is 14.2 Å². The summed E-state index contributed by atoms with van der Waals surface area (Å²) in [7, 11) is 0. The van der Waals surface area contributed by atoms with Gasteiger partial charge in [-0.15, -0.1) is 0 Å². The molecule has 0 saturated heterocycles. The number of nitrogens with zero attached hydrogens (tertiary/aromatic N) is 2.